The number of rotatable bonds is 1. The van der Waals surface area contributed by atoms with Crippen LogP contribution < -0.4 is 5.73 Å². The summed E-state index contributed by atoms with van der Waals surface area (Å²) in [5.74, 6) is 0. The van der Waals surface area contributed by atoms with Crippen molar-refractivity contribution in [2.75, 3.05) is 5.73 Å². The third-order valence-corrected chi connectivity index (χ3v) is 3.14. The molecule has 2 rings (SSSR count). The fraction of sp³-hybridized carbons (Fsp3) is 0. The number of nitrogen functional groups attached to an aromatic ring is 1. The Morgan fingerprint density at radius 2 is 1.69 bits per heavy atom. The molecule has 0 saturated heterocycles. The summed E-state index contributed by atoms with van der Waals surface area (Å²) in [5.41, 5.74) is 5.59. The van der Waals surface area contributed by atoms with E-state index in [0.717, 1.165) is 5.39 Å². The third-order valence-electron chi connectivity index (χ3n) is 2.17. The molecule has 0 aliphatic heterocycles. The van der Waals surface area contributed by atoms with E-state index in [4.69, 9.17) is 10.3 Å². The van der Waals surface area contributed by atoms with Gasteiger partial charge in [0.05, 0.1) is 5.69 Å². The van der Waals surface area contributed by atoms with E-state index in [0.29, 0.717) is 5.39 Å². The molecule has 0 unspecified atom stereocenters. The van der Waals surface area contributed by atoms with Crippen LogP contribution in [0.3, 0.4) is 0 Å². The van der Waals surface area contributed by atoms with Crippen LogP contribution in [0.4, 0.5) is 5.69 Å². The van der Waals surface area contributed by atoms with E-state index in [9.17, 15) is 8.42 Å². The molecular weight excluding hydrogens is 230 g/mol. The highest BCUT2D eigenvalue weighted by molar-refractivity contribution is 7.86. The highest BCUT2D eigenvalue weighted by Crippen LogP contribution is 2.27. The Morgan fingerprint density at radius 3 is 2.31 bits per heavy atom. The molecule has 0 amide bonds. The molecule has 0 aliphatic rings. The van der Waals surface area contributed by atoms with E-state index < -0.39 is 10.1 Å². The summed E-state index contributed by atoms with van der Waals surface area (Å²) in [6.45, 7) is 0. The van der Waals surface area contributed by atoms with Gasteiger partial charge in [0.15, 0.2) is 0 Å². The van der Waals surface area contributed by atoms with E-state index in [-0.39, 0.29) is 16.1 Å². The van der Waals surface area contributed by atoms with Crippen LogP contribution in [-0.4, -0.2) is 18.4 Å². The SMILES string of the molecule is Nc1ccc2ccccc2c1S(=O)(=O)O.O. The summed E-state index contributed by atoms with van der Waals surface area (Å²) in [6, 6.07) is 10.0. The minimum Gasteiger partial charge on any atom is -0.412 e. The topological polar surface area (TPSA) is 112 Å². The molecule has 6 heteroatoms. The lowest BCUT2D eigenvalue weighted by atomic mass is 10.1. The largest absolute Gasteiger partial charge is 0.412 e. The van der Waals surface area contributed by atoms with Crippen LogP contribution in [0.2, 0.25) is 0 Å². The first-order valence-electron chi connectivity index (χ1n) is 4.25. The van der Waals surface area contributed by atoms with E-state index >= 15 is 0 Å². The molecule has 86 valence electrons. The van der Waals surface area contributed by atoms with Gasteiger partial charge in [0.2, 0.25) is 0 Å². The molecule has 0 bridgehead atoms. The summed E-state index contributed by atoms with van der Waals surface area (Å²) < 4.78 is 31.3. The quantitative estimate of drug-likeness (QED) is 0.569. The Kier molecular flexibility index (Phi) is 3.18. The van der Waals surface area contributed by atoms with Gasteiger partial charge in [-0.15, -0.1) is 0 Å². The maximum Gasteiger partial charge on any atom is 0.297 e. The average Bonchev–Trinajstić information content (AvgIpc) is 2.15. The molecule has 0 saturated carbocycles. The molecular formula is C10H11NO4S. The van der Waals surface area contributed by atoms with Crippen molar-refractivity contribution in [3.63, 3.8) is 0 Å². The highest BCUT2D eigenvalue weighted by atomic mass is 32.2. The Bertz CT molecular complexity index is 622. The second-order valence-corrected chi connectivity index (χ2v) is 4.54. The van der Waals surface area contributed by atoms with Crippen LogP contribution in [0.1, 0.15) is 0 Å². The van der Waals surface area contributed by atoms with Gasteiger partial charge in [-0.05, 0) is 11.5 Å². The third kappa shape index (κ3) is 1.99. The fourth-order valence-corrected chi connectivity index (χ4v) is 2.38. The summed E-state index contributed by atoms with van der Waals surface area (Å²) in [5, 5.41) is 1.15. The monoisotopic (exact) mass is 241 g/mol. The van der Waals surface area contributed by atoms with Gasteiger partial charge in [0.1, 0.15) is 4.90 Å². The minimum absolute atomic E-state index is 0. The zero-order valence-electron chi connectivity index (χ0n) is 8.21. The highest BCUT2D eigenvalue weighted by Gasteiger charge is 2.17. The van der Waals surface area contributed by atoms with Crippen molar-refractivity contribution < 1.29 is 18.4 Å². The van der Waals surface area contributed by atoms with Crippen LogP contribution >= 0.6 is 0 Å². The molecule has 0 fully saturated rings. The maximum atomic E-state index is 11.1. The molecule has 0 aliphatic carbocycles. The first-order valence-corrected chi connectivity index (χ1v) is 5.69. The van der Waals surface area contributed by atoms with Crippen molar-refractivity contribution in [1.82, 2.24) is 0 Å². The number of nitrogens with two attached hydrogens (primary N) is 1. The zero-order valence-corrected chi connectivity index (χ0v) is 9.03. The summed E-state index contributed by atoms with van der Waals surface area (Å²) in [7, 11) is -4.29. The van der Waals surface area contributed by atoms with E-state index in [2.05, 4.69) is 0 Å². The van der Waals surface area contributed by atoms with Crippen molar-refractivity contribution in [3.8, 4) is 0 Å². The summed E-state index contributed by atoms with van der Waals surface area (Å²) >= 11 is 0. The lowest BCUT2D eigenvalue weighted by molar-refractivity contribution is 0.484. The smallest absolute Gasteiger partial charge is 0.297 e. The van der Waals surface area contributed by atoms with Crippen LogP contribution in [0.25, 0.3) is 10.8 Å². The van der Waals surface area contributed by atoms with Gasteiger partial charge in [0.25, 0.3) is 10.1 Å². The van der Waals surface area contributed by atoms with Crippen LogP contribution in [0.5, 0.6) is 0 Å². The van der Waals surface area contributed by atoms with Crippen molar-refractivity contribution in [1.29, 1.82) is 0 Å². The van der Waals surface area contributed by atoms with Crippen molar-refractivity contribution in [2.45, 2.75) is 4.90 Å². The summed E-state index contributed by atoms with van der Waals surface area (Å²) in [6.07, 6.45) is 0. The molecule has 5 nitrogen and oxygen atoms in total. The predicted octanol–water partition coefficient (Wildman–Crippen LogP) is 0.844. The molecule has 0 atom stereocenters. The fourth-order valence-electron chi connectivity index (χ4n) is 1.55. The maximum absolute atomic E-state index is 11.1. The van der Waals surface area contributed by atoms with E-state index in [1.165, 1.54) is 6.07 Å². The summed E-state index contributed by atoms with van der Waals surface area (Å²) in [4.78, 5) is -0.222. The Labute approximate surface area is 92.6 Å². The number of anilines is 1. The molecule has 0 radical (unpaired) electrons. The number of hydrogen-bond acceptors (Lipinski definition) is 3. The Morgan fingerprint density at radius 1 is 1.06 bits per heavy atom. The molecule has 0 spiro atoms. The molecule has 2 aromatic carbocycles. The lowest BCUT2D eigenvalue weighted by Crippen LogP contribution is -2.03. The van der Waals surface area contributed by atoms with Crippen molar-refractivity contribution in [3.05, 3.63) is 36.4 Å². The van der Waals surface area contributed by atoms with Crippen LogP contribution in [-0.2, 0) is 10.1 Å². The molecule has 2 aromatic rings. The van der Waals surface area contributed by atoms with Crippen molar-refractivity contribution in [2.24, 2.45) is 0 Å². The van der Waals surface area contributed by atoms with Gasteiger partial charge in [-0.1, -0.05) is 30.3 Å². The Hall–Kier alpha value is -1.63. The van der Waals surface area contributed by atoms with E-state index in [1.54, 1.807) is 30.3 Å². The lowest BCUT2D eigenvalue weighted by Gasteiger charge is -2.06. The molecule has 0 aromatic heterocycles. The minimum atomic E-state index is -4.29. The second-order valence-electron chi connectivity index (χ2n) is 3.18. The normalized spacial score (nSPS) is 11.1. The predicted molar refractivity (Wildman–Crippen MR) is 61.8 cm³/mol. The van der Waals surface area contributed by atoms with Crippen molar-refractivity contribution >= 4 is 26.6 Å². The molecule has 16 heavy (non-hydrogen) atoms. The zero-order chi connectivity index (χ0) is 11.1. The van der Waals surface area contributed by atoms with E-state index in [1.807, 2.05) is 0 Å². The van der Waals surface area contributed by atoms with Crippen LogP contribution in [0, 0.1) is 0 Å². The second kappa shape index (κ2) is 4.09. The van der Waals surface area contributed by atoms with Gasteiger partial charge in [0, 0.05) is 5.39 Å². The standard InChI is InChI=1S/C10H9NO3S.H2O/c11-9-6-5-7-3-1-2-4-8(7)10(9)15(12,13)14;/h1-6H,11H2,(H,12,13,14);1H2. The van der Waals surface area contributed by atoms with Gasteiger partial charge >= 0.3 is 0 Å². The first-order chi connectivity index (χ1) is 7.00. The van der Waals surface area contributed by atoms with Gasteiger partial charge in [-0.2, -0.15) is 8.42 Å². The van der Waals surface area contributed by atoms with Crippen LogP contribution in [0.15, 0.2) is 41.3 Å². The Balaban J connectivity index is 0.00000128. The van der Waals surface area contributed by atoms with Gasteiger partial charge in [-0.3, -0.25) is 4.55 Å². The number of hydrogen-bond donors (Lipinski definition) is 2. The van der Waals surface area contributed by atoms with Gasteiger partial charge in [-0.25, -0.2) is 0 Å². The molecule has 5 N–H and O–H groups in total. The number of benzene rings is 2. The average molecular weight is 241 g/mol. The number of fused-ring (bicyclic) bond motifs is 1. The first kappa shape index (κ1) is 12.4. The van der Waals surface area contributed by atoms with Gasteiger partial charge < -0.3 is 11.2 Å². The molecule has 0 heterocycles.